The lowest BCUT2D eigenvalue weighted by Gasteiger charge is -2.08. The number of rotatable bonds is 5. The summed E-state index contributed by atoms with van der Waals surface area (Å²) >= 11 is 0. The molecule has 1 heterocycles. The molecular formula is C16H20N2O2. The molecule has 0 bridgehead atoms. The van der Waals surface area contributed by atoms with Crippen LogP contribution in [-0.4, -0.2) is 21.7 Å². The number of aromatic carboxylic acids is 1. The van der Waals surface area contributed by atoms with Crippen molar-refractivity contribution in [3.8, 4) is 0 Å². The smallest absolute Gasteiger partial charge is 0.335 e. The highest BCUT2D eigenvalue weighted by molar-refractivity contribution is 5.95. The average Bonchev–Trinajstić information content (AvgIpc) is 3.16. The van der Waals surface area contributed by atoms with Gasteiger partial charge in [0.1, 0.15) is 0 Å². The molecule has 0 spiro atoms. The van der Waals surface area contributed by atoms with E-state index in [0.29, 0.717) is 17.6 Å². The molecule has 4 heteroatoms. The van der Waals surface area contributed by atoms with Crippen molar-refractivity contribution in [1.82, 2.24) is 9.88 Å². The first-order valence-electron chi connectivity index (χ1n) is 7.16. The molecule has 0 amide bonds. The van der Waals surface area contributed by atoms with E-state index in [4.69, 9.17) is 5.11 Å². The molecule has 1 fully saturated rings. The van der Waals surface area contributed by atoms with Crippen LogP contribution in [0.25, 0.3) is 10.9 Å². The lowest BCUT2D eigenvalue weighted by Crippen LogP contribution is -2.15. The molecule has 0 saturated heterocycles. The highest BCUT2D eigenvalue weighted by Crippen LogP contribution is 2.27. The Hall–Kier alpha value is -1.81. The number of nitrogens with zero attached hydrogens (tertiary/aromatic N) is 1. The predicted molar refractivity (Wildman–Crippen MR) is 79.1 cm³/mol. The van der Waals surface area contributed by atoms with E-state index in [1.807, 2.05) is 6.07 Å². The summed E-state index contributed by atoms with van der Waals surface area (Å²) in [7, 11) is 0. The SMILES string of the molecule is CC(C)n1cc(CNC2CC2)c2cc(C(=O)O)ccc21. The summed E-state index contributed by atoms with van der Waals surface area (Å²) in [6.45, 7) is 5.09. The summed E-state index contributed by atoms with van der Waals surface area (Å²) in [5, 5.41) is 13.7. The maximum absolute atomic E-state index is 11.2. The van der Waals surface area contributed by atoms with Gasteiger partial charge in [0.05, 0.1) is 5.56 Å². The normalized spacial score (nSPS) is 15.2. The standard InChI is InChI=1S/C16H20N2O2/c1-10(2)18-9-12(8-17-13-4-5-13)14-7-11(16(19)20)3-6-15(14)18/h3,6-7,9-10,13,17H,4-5,8H2,1-2H3,(H,19,20). The molecule has 1 aromatic carbocycles. The molecule has 1 aliphatic carbocycles. The number of benzene rings is 1. The van der Waals surface area contributed by atoms with Crippen LogP contribution in [0.3, 0.4) is 0 Å². The number of carbonyl (C=O) groups is 1. The number of carboxylic acid groups (broad SMARTS) is 1. The summed E-state index contributed by atoms with van der Waals surface area (Å²) in [5.74, 6) is -0.870. The van der Waals surface area contributed by atoms with Gasteiger partial charge in [-0.15, -0.1) is 0 Å². The molecular weight excluding hydrogens is 252 g/mol. The Morgan fingerprint density at radius 1 is 1.45 bits per heavy atom. The molecule has 20 heavy (non-hydrogen) atoms. The molecule has 0 aliphatic heterocycles. The van der Waals surface area contributed by atoms with Gasteiger partial charge in [-0.05, 0) is 50.5 Å². The lowest BCUT2D eigenvalue weighted by atomic mass is 10.1. The van der Waals surface area contributed by atoms with Crippen LogP contribution >= 0.6 is 0 Å². The third kappa shape index (κ3) is 2.43. The Kier molecular flexibility index (Phi) is 3.26. The van der Waals surface area contributed by atoms with Crippen LogP contribution < -0.4 is 5.32 Å². The van der Waals surface area contributed by atoms with E-state index < -0.39 is 5.97 Å². The maximum atomic E-state index is 11.2. The molecule has 4 nitrogen and oxygen atoms in total. The largest absolute Gasteiger partial charge is 0.478 e. The second-order valence-electron chi connectivity index (χ2n) is 5.85. The van der Waals surface area contributed by atoms with E-state index in [-0.39, 0.29) is 0 Å². The van der Waals surface area contributed by atoms with Gasteiger partial charge in [0.15, 0.2) is 0 Å². The zero-order chi connectivity index (χ0) is 14.3. The van der Waals surface area contributed by atoms with E-state index in [0.717, 1.165) is 17.4 Å². The van der Waals surface area contributed by atoms with Gasteiger partial charge in [-0.3, -0.25) is 0 Å². The molecule has 3 rings (SSSR count). The van der Waals surface area contributed by atoms with Crippen LogP contribution in [0.4, 0.5) is 0 Å². The fraction of sp³-hybridized carbons (Fsp3) is 0.438. The van der Waals surface area contributed by atoms with Crippen LogP contribution in [0, 0.1) is 0 Å². The van der Waals surface area contributed by atoms with Crippen molar-refractivity contribution in [2.75, 3.05) is 0 Å². The highest BCUT2D eigenvalue weighted by atomic mass is 16.4. The number of fused-ring (bicyclic) bond motifs is 1. The van der Waals surface area contributed by atoms with Gasteiger partial charge in [-0.1, -0.05) is 0 Å². The first-order valence-corrected chi connectivity index (χ1v) is 7.16. The number of hydrogen-bond donors (Lipinski definition) is 2. The maximum Gasteiger partial charge on any atom is 0.335 e. The zero-order valence-corrected chi connectivity index (χ0v) is 11.9. The first kappa shape index (κ1) is 13.2. The van der Waals surface area contributed by atoms with Crippen molar-refractivity contribution in [2.24, 2.45) is 0 Å². The van der Waals surface area contributed by atoms with Crippen molar-refractivity contribution in [3.05, 3.63) is 35.5 Å². The minimum Gasteiger partial charge on any atom is -0.478 e. The van der Waals surface area contributed by atoms with Gasteiger partial charge in [0.2, 0.25) is 0 Å². The van der Waals surface area contributed by atoms with Crippen LogP contribution in [0.15, 0.2) is 24.4 Å². The monoisotopic (exact) mass is 272 g/mol. The van der Waals surface area contributed by atoms with E-state index in [2.05, 4.69) is 29.9 Å². The topological polar surface area (TPSA) is 54.3 Å². The van der Waals surface area contributed by atoms with Crippen molar-refractivity contribution in [1.29, 1.82) is 0 Å². The summed E-state index contributed by atoms with van der Waals surface area (Å²) < 4.78 is 2.21. The first-order chi connectivity index (χ1) is 9.56. The molecule has 0 radical (unpaired) electrons. The quantitative estimate of drug-likeness (QED) is 0.879. The molecule has 1 saturated carbocycles. The van der Waals surface area contributed by atoms with Crippen LogP contribution in [0.5, 0.6) is 0 Å². The fourth-order valence-corrected chi connectivity index (χ4v) is 2.57. The van der Waals surface area contributed by atoms with Crippen LogP contribution in [0.2, 0.25) is 0 Å². The Morgan fingerprint density at radius 3 is 2.80 bits per heavy atom. The Morgan fingerprint density at radius 2 is 2.20 bits per heavy atom. The Bertz CT molecular complexity index is 654. The number of nitrogens with one attached hydrogen (secondary N) is 1. The average molecular weight is 272 g/mol. The van der Waals surface area contributed by atoms with Gasteiger partial charge >= 0.3 is 5.97 Å². The van der Waals surface area contributed by atoms with Crippen molar-refractivity contribution >= 4 is 16.9 Å². The van der Waals surface area contributed by atoms with Crippen LogP contribution in [-0.2, 0) is 6.54 Å². The van der Waals surface area contributed by atoms with E-state index >= 15 is 0 Å². The summed E-state index contributed by atoms with van der Waals surface area (Å²) in [5.41, 5.74) is 2.65. The van der Waals surface area contributed by atoms with Gasteiger partial charge in [0, 0.05) is 35.7 Å². The van der Waals surface area contributed by atoms with Gasteiger partial charge in [-0.2, -0.15) is 0 Å². The highest BCUT2D eigenvalue weighted by Gasteiger charge is 2.21. The lowest BCUT2D eigenvalue weighted by molar-refractivity contribution is 0.0697. The molecule has 1 aromatic heterocycles. The third-order valence-corrected chi connectivity index (χ3v) is 3.88. The van der Waals surface area contributed by atoms with E-state index in [9.17, 15) is 4.79 Å². The fourth-order valence-electron chi connectivity index (χ4n) is 2.57. The molecule has 2 N–H and O–H groups in total. The molecule has 106 valence electrons. The van der Waals surface area contributed by atoms with Crippen molar-refractivity contribution in [2.45, 2.75) is 45.3 Å². The van der Waals surface area contributed by atoms with Gasteiger partial charge < -0.3 is 15.0 Å². The Labute approximate surface area is 118 Å². The third-order valence-electron chi connectivity index (χ3n) is 3.88. The van der Waals surface area contributed by atoms with Crippen molar-refractivity contribution in [3.63, 3.8) is 0 Å². The molecule has 1 aliphatic rings. The van der Waals surface area contributed by atoms with E-state index in [1.165, 1.54) is 18.4 Å². The predicted octanol–water partition coefficient (Wildman–Crippen LogP) is 3.17. The van der Waals surface area contributed by atoms with Gasteiger partial charge in [0.25, 0.3) is 0 Å². The summed E-state index contributed by atoms with van der Waals surface area (Å²) in [6.07, 6.45) is 4.66. The Balaban J connectivity index is 2.05. The number of aromatic nitrogens is 1. The van der Waals surface area contributed by atoms with E-state index in [1.54, 1.807) is 12.1 Å². The number of hydrogen-bond acceptors (Lipinski definition) is 2. The number of carboxylic acids is 1. The minimum atomic E-state index is -0.870. The second kappa shape index (κ2) is 4.94. The summed E-state index contributed by atoms with van der Waals surface area (Å²) in [4.78, 5) is 11.2. The molecule has 0 atom stereocenters. The summed E-state index contributed by atoms with van der Waals surface area (Å²) in [6, 6.07) is 6.40. The molecule has 0 unspecified atom stereocenters. The minimum absolute atomic E-state index is 0.353. The van der Waals surface area contributed by atoms with Gasteiger partial charge in [-0.25, -0.2) is 4.79 Å². The zero-order valence-electron chi connectivity index (χ0n) is 11.9. The molecule has 2 aromatic rings. The second-order valence-corrected chi connectivity index (χ2v) is 5.85. The van der Waals surface area contributed by atoms with Crippen molar-refractivity contribution < 1.29 is 9.90 Å². The van der Waals surface area contributed by atoms with Crippen LogP contribution in [0.1, 0.15) is 48.7 Å².